The van der Waals surface area contributed by atoms with E-state index in [4.69, 9.17) is 12.2 Å². The van der Waals surface area contributed by atoms with E-state index in [0.717, 1.165) is 6.07 Å². The molecule has 0 saturated carbocycles. The van der Waals surface area contributed by atoms with Gasteiger partial charge in [0.05, 0.1) is 6.54 Å². The quantitative estimate of drug-likeness (QED) is 0.316. The lowest BCUT2D eigenvalue weighted by Crippen LogP contribution is -2.45. The molecule has 1 amide bonds. The molecule has 0 saturated heterocycles. The molecule has 3 rings (SSSR count). The van der Waals surface area contributed by atoms with Gasteiger partial charge in [-0.15, -0.1) is 0 Å². The van der Waals surface area contributed by atoms with E-state index in [0.29, 0.717) is 11.6 Å². The van der Waals surface area contributed by atoms with Crippen molar-refractivity contribution in [2.45, 2.75) is 25.0 Å². The molecule has 2 atom stereocenters. The first kappa shape index (κ1) is 23.4. The van der Waals surface area contributed by atoms with E-state index in [1.165, 1.54) is 23.4 Å². The van der Waals surface area contributed by atoms with Gasteiger partial charge >= 0.3 is 0 Å². The van der Waals surface area contributed by atoms with E-state index >= 15 is 0 Å². The highest BCUT2D eigenvalue weighted by atomic mass is 32.1. The van der Waals surface area contributed by atoms with Crippen molar-refractivity contribution in [3.8, 4) is 0 Å². The average Bonchev–Trinajstić information content (AvgIpc) is 3.26. The van der Waals surface area contributed by atoms with Crippen LogP contribution in [0.5, 0.6) is 0 Å². The molecule has 11 heteroatoms. The van der Waals surface area contributed by atoms with Gasteiger partial charge in [-0.3, -0.25) is 15.5 Å². The second-order valence-electron chi connectivity index (χ2n) is 7.11. The maximum absolute atomic E-state index is 14.8. The number of amides is 1. The first-order valence-electron chi connectivity index (χ1n) is 9.63. The summed E-state index contributed by atoms with van der Waals surface area (Å²) in [7, 11) is 1.59. The summed E-state index contributed by atoms with van der Waals surface area (Å²) in [6.07, 6.45) is 2.66. The molecule has 2 unspecified atom stereocenters. The van der Waals surface area contributed by atoms with Crippen molar-refractivity contribution >= 4 is 23.2 Å². The topological polar surface area (TPSA) is 104 Å². The number of aliphatic hydroxyl groups is 1. The van der Waals surface area contributed by atoms with Crippen LogP contribution in [-0.2, 0) is 12.1 Å². The Hall–Kier alpha value is -3.28. The summed E-state index contributed by atoms with van der Waals surface area (Å²) >= 11 is 5.04. The van der Waals surface area contributed by atoms with E-state index in [2.05, 4.69) is 26.3 Å². The summed E-state index contributed by atoms with van der Waals surface area (Å²) in [4.78, 5) is 16.7. The number of hydrogen-bond donors (Lipinski definition) is 4. The lowest BCUT2D eigenvalue weighted by atomic mass is 9.76. The van der Waals surface area contributed by atoms with Crippen molar-refractivity contribution in [1.82, 2.24) is 30.9 Å². The lowest BCUT2D eigenvalue weighted by Gasteiger charge is -2.36. The highest BCUT2D eigenvalue weighted by molar-refractivity contribution is 7.80. The Morgan fingerprint density at radius 1 is 1.28 bits per heavy atom. The number of thiocarbonyl (C=S) groups is 1. The molecule has 0 radical (unpaired) electrons. The second-order valence-corrected chi connectivity index (χ2v) is 7.52. The highest BCUT2D eigenvalue weighted by Crippen LogP contribution is 2.40. The zero-order valence-electron chi connectivity index (χ0n) is 17.3. The summed E-state index contributed by atoms with van der Waals surface area (Å²) in [5, 5.41) is 18.4. The molecule has 0 bridgehead atoms. The van der Waals surface area contributed by atoms with Crippen LogP contribution in [0.4, 0.5) is 8.78 Å². The van der Waals surface area contributed by atoms with Gasteiger partial charge in [-0.25, -0.2) is 23.9 Å². The molecule has 8 nitrogen and oxygen atoms in total. The van der Waals surface area contributed by atoms with Crippen LogP contribution in [0.1, 0.15) is 34.3 Å². The number of hydrazine groups is 1. The van der Waals surface area contributed by atoms with Crippen molar-refractivity contribution in [2.24, 2.45) is 0 Å². The van der Waals surface area contributed by atoms with Gasteiger partial charge < -0.3 is 5.11 Å². The molecule has 1 heterocycles. The minimum absolute atomic E-state index is 0.0578. The van der Waals surface area contributed by atoms with Crippen LogP contribution >= 0.6 is 12.2 Å². The molecule has 0 fully saturated rings. The third kappa shape index (κ3) is 4.96. The van der Waals surface area contributed by atoms with Crippen LogP contribution in [0, 0.1) is 11.6 Å². The van der Waals surface area contributed by atoms with E-state index in [-0.39, 0.29) is 22.8 Å². The lowest BCUT2D eigenvalue weighted by molar-refractivity contribution is -0.0113. The van der Waals surface area contributed by atoms with Gasteiger partial charge in [0.2, 0.25) is 0 Å². The van der Waals surface area contributed by atoms with Crippen LogP contribution in [0.2, 0.25) is 0 Å². The zero-order valence-corrected chi connectivity index (χ0v) is 18.2. The molecule has 0 aliphatic heterocycles. The fourth-order valence-corrected chi connectivity index (χ4v) is 3.71. The van der Waals surface area contributed by atoms with Crippen LogP contribution in [0.3, 0.4) is 0 Å². The summed E-state index contributed by atoms with van der Waals surface area (Å²) in [6, 6.07) is 9.54. The number of nitrogens with zero attached hydrogens (tertiary/aromatic N) is 3. The van der Waals surface area contributed by atoms with E-state index < -0.39 is 29.1 Å². The summed E-state index contributed by atoms with van der Waals surface area (Å²) in [6.45, 7) is 1.46. The molecule has 168 valence electrons. The second kappa shape index (κ2) is 9.90. The Kier molecular flexibility index (Phi) is 7.23. The average molecular weight is 461 g/mol. The monoisotopic (exact) mass is 460 g/mol. The predicted molar refractivity (Wildman–Crippen MR) is 117 cm³/mol. The van der Waals surface area contributed by atoms with Crippen LogP contribution in [-0.4, -0.2) is 37.9 Å². The molecular weight excluding hydrogens is 438 g/mol. The van der Waals surface area contributed by atoms with Crippen molar-refractivity contribution < 1.29 is 18.7 Å². The molecule has 0 spiro atoms. The Labute approximate surface area is 188 Å². The number of benzene rings is 2. The fourth-order valence-electron chi connectivity index (χ4n) is 3.51. The van der Waals surface area contributed by atoms with Gasteiger partial charge in [0.1, 0.15) is 29.9 Å². The Balaban J connectivity index is 2.07. The van der Waals surface area contributed by atoms with Gasteiger partial charge in [0.25, 0.3) is 5.91 Å². The van der Waals surface area contributed by atoms with E-state index in [1.54, 1.807) is 38.2 Å². The molecular formula is C21H22F2N6O2S. The highest BCUT2D eigenvalue weighted by Gasteiger charge is 2.41. The number of carbonyl (C=O) groups is 1. The van der Waals surface area contributed by atoms with E-state index in [9.17, 15) is 18.7 Å². The van der Waals surface area contributed by atoms with Crippen molar-refractivity contribution in [3.05, 3.63) is 83.4 Å². The molecule has 32 heavy (non-hydrogen) atoms. The number of halogens is 2. The summed E-state index contributed by atoms with van der Waals surface area (Å²) in [5.74, 6) is -3.02. The molecule has 3 aromatic rings. The van der Waals surface area contributed by atoms with Gasteiger partial charge in [-0.2, -0.15) is 5.10 Å². The number of aromatic nitrogens is 3. The molecule has 4 N–H and O–H groups in total. The number of rotatable bonds is 7. The smallest absolute Gasteiger partial charge is 0.257 e. The van der Waals surface area contributed by atoms with Crippen LogP contribution < -0.4 is 16.2 Å². The SMILES string of the molecule is CNNC(=S)NC(=O)c1ccccc1C(C)C(O)(Cn1cncn1)c1ccc(F)cc1F. The van der Waals surface area contributed by atoms with E-state index in [1.807, 2.05) is 0 Å². The van der Waals surface area contributed by atoms with Crippen LogP contribution in [0.15, 0.2) is 55.1 Å². The number of hydrogen-bond acceptors (Lipinski definition) is 6. The van der Waals surface area contributed by atoms with Crippen molar-refractivity contribution in [2.75, 3.05) is 7.05 Å². The Morgan fingerprint density at radius 2 is 2.03 bits per heavy atom. The van der Waals surface area contributed by atoms with Crippen LogP contribution in [0.25, 0.3) is 0 Å². The summed E-state index contributed by atoms with van der Waals surface area (Å²) in [5.41, 5.74) is 3.84. The molecule has 0 aliphatic rings. The maximum atomic E-state index is 14.8. The number of nitrogens with one attached hydrogen (secondary N) is 3. The number of carbonyl (C=O) groups excluding carboxylic acids is 1. The fraction of sp³-hybridized carbons (Fsp3) is 0.238. The first-order valence-corrected chi connectivity index (χ1v) is 10.0. The predicted octanol–water partition coefficient (Wildman–Crippen LogP) is 1.99. The molecule has 2 aromatic carbocycles. The summed E-state index contributed by atoms with van der Waals surface area (Å²) < 4.78 is 29.7. The molecule has 1 aromatic heterocycles. The molecule has 0 aliphatic carbocycles. The standard InChI is InChI=1S/C21H22F2N6O2S/c1-13(15-5-3-4-6-16(15)19(30)27-20(32)28-24-2)21(31,10-29-12-25-11-26-29)17-8-7-14(22)9-18(17)23/h3-9,11-13,24,31H,10H2,1-2H3,(H2,27,28,30,32). The van der Waals surface area contributed by atoms with Gasteiger partial charge in [-0.1, -0.05) is 31.2 Å². The van der Waals surface area contributed by atoms with Gasteiger partial charge in [0.15, 0.2) is 5.11 Å². The normalized spacial score (nSPS) is 13.8. The van der Waals surface area contributed by atoms with Gasteiger partial charge in [-0.05, 0) is 29.9 Å². The van der Waals surface area contributed by atoms with Crippen molar-refractivity contribution in [1.29, 1.82) is 0 Å². The largest absolute Gasteiger partial charge is 0.382 e. The zero-order chi connectivity index (χ0) is 23.3. The Morgan fingerprint density at radius 3 is 2.69 bits per heavy atom. The third-order valence-electron chi connectivity index (χ3n) is 5.12. The minimum atomic E-state index is -1.90. The third-order valence-corrected chi connectivity index (χ3v) is 5.33. The first-order chi connectivity index (χ1) is 15.3. The minimum Gasteiger partial charge on any atom is -0.382 e. The van der Waals surface area contributed by atoms with Gasteiger partial charge in [0, 0.05) is 30.2 Å². The maximum Gasteiger partial charge on any atom is 0.257 e. The Bertz CT molecular complexity index is 1110. The van der Waals surface area contributed by atoms with Crippen molar-refractivity contribution in [3.63, 3.8) is 0 Å².